The lowest BCUT2D eigenvalue weighted by atomic mass is 10.1. The van der Waals surface area contributed by atoms with Crippen molar-refractivity contribution in [2.75, 3.05) is 17.6 Å². The first kappa shape index (κ1) is 15.9. The van der Waals surface area contributed by atoms with Crippen LogP contribution >= 0.6 is 11.8 Å². The van der Waals surface area contributed by atoms with Gasteiger partial charge < -0.3 is 0 Å². The van der Waals surface area contributed by atoms with Crippen molar-refractivity contribution >= 4 is 27.5 Å². The largest absolute Gasteiger partial charge is 0.269 e. The molecule has 21 heavy (non-hydrogen) atoms. The van der Waals surface area contributed by atoms with Gasteiger partial charge in [-0.3, -0.25) is 4.31 Å². The molecule has 0 spiro atoms. The summed E-state index contributed by atoms with van der Waals surface area (Å²) < 4.78 is 26.7. The summed E-state index contributed by atoms with van der Waals surface area (Å²) in [6, 6.07) is 12.7. The Morgan fingerprint density at radius 1 is 1.00 bits per heavy atom. The zero-order chi connectivity index (χ0) is 15.6. The van der Waals surface area contributed by atoms with Crippen molar-refractivity contribution in [2.45, 2.75) is 23.6 Å². The molecular formula is C16H19NO2S2. The van der Waals surface area contributed by atoms with Gasteiger partial charge in [0.15, 0.2) is 0 Å². The van der Waals surface area contributed by atoms with Gasteiger partial charge in [-0.05, 0) is 56.0 Å². The molecule has 3 nitrogen and oxygen atoms in total. The van der Waals surface area contributed by atoms with Crippen LogP contribution in [0.25, 0.3) is 0 Å². The van der Waals surface area contributed by atoms with E-state index in [1.807, 2.05) is 50.4 Å². The van der Waals surface area contributed by atoms with E-state index >= 15 is 0 Å². The minimum atomic E-state index is -3.53. The van der Waals surface area contributed by atoms with E-state index in [1.165, 1.54) is 4.31 Å². The minimum absolute atomic E-state index is 0.308. The summed E-state index contributed by atoms with van der Waals surface area (Å²) in [6.07, 6.45) is 1.96. The molecule has 0 radical (unpaired) electrons. The van der Waals surface area contributed by atoms with Gasteiger partial charge in [-0.1, -0.05) is 17.7 Å². The highest BCUT2D eigenvalue weighted by Gasteiger charge is 2.22. The van der Waals surface area contributed by atoms with E-state index in [2.05, 4.69) is 0 Å². The first-order valence-electron chi connectivity index (χ1n) is 6.56. The lowest BCUT2D eigenvalue weighted by Gasteiger charge is -2.21. The van der Waals surface area contributed by atoms with Gasteiger partial charge in [-0.25, -0.2) is 8.42 Å². The topological polar surface area (TPSA) is 37.4 Å². The summed E-state index contributed by atoms with van der Waals surface area (Å²) in [5, 5.41) is 0. The molecule has 0 bridgehead atoms. The van der Waals surface area contributed by atoms with Crippen LogP contribution in [0.1, 0.15) is 11.1 Å². The van der Waals surface area contributed by atoms with Crippen LogP contribution in [0.15, 0.2) is 52.3 Å². The molecule has 0 saturated carbocycles. The molecule has 0 N–H and O–H groups in total. The molecule has 0 fully saturated rings. The van der Waals surface area contributed by atoms with E-state index in [0.29, 0.717) is 10.6 Å². The molecule has 2 rings (SSSR count). The van der Waals surface area contributed by atoms with E-state index in [1.54, 1.807) is 30.9 Å². The first-order valence-corrected chi connectivity index (χ1v) is 9.23. The van der Waals surface area contributed by atoms with E-state index in [4.69, 9.17) is 0 Å². The predicted molar refractivity (Wildman–Crippen MR) is 89.7 cm³/mol. The fourth-order valence-electron chi connectivity index (χ4n) is 2.19. The Morgan fingerprint density at radius 3 is 2.14 bits per heavy atom. The number of hydrogen-bond acceptors (Lipinski definition) is 3. The minimum Gasteiger partial charge on any atom is -0.269 e. The standard InChI is InChI=1S/C16H19NO2S2/c1-12-5-10-16(13(2)11-12)17(3)21(18,19)15-8-6-14(20-4)7-9-15/h5-11H,1-4H3. The van der Waals surface area contributed by atoms with E-state index in [0.717, 1.165) is 16.0 Å². The average Bonchev–Trinajstić information content (AvgIpc) is 2.46. The van der Waals surface area contributed by atoms with Crippen molar-refractivity contribution in [1.29, 1.82) is 0 Å². The van der Waals surface area contributed by atoms with Gasteiger partial charge in [-0.15, -0.1) is 11.8 Å². The molecule has 112 valence electrons. The highest BCUT2D eigenvalue weighted by atomic mass is 32.2. The van der Waals surface area contributed by atoms with Gasteiger partial charge >= 0.3 is 0 Å². The monoisotopic (exact) mass is 321 g/mol. The third kappa shape index (κ3) is 3.24. The molecule has 0 atom stereocenters. The highest BCUT2D eigenvalue weighted by Crippen LogP contribution is 2.27. The second kappa shape index (κ2) is 6.12. The summed E-state index contributed by atoms with van der Waals surface area (Å²) in [5.74, 6) is 0. The van der Waals surface area contributed by atoms with Crippen LogP contribution in [0.4, 0.5) is 5.69 Å². The lowest BCUT2D eigenvalue weighted by Crippen LogP contribution is -2.27. The van der Waals surface area contributed by atoms with Gasteiger partial charge in [0.2, 0.25) is 0 Å². The summed E-state index contributed by atoms with van der Waals surface area (Å²) in [4.78, 5) is 1.35. The van der Waals surface area contributed by atoms with Crippen molar-refractivity contribution in [3.8, 4) is 0 Å². The van der Waals surface area contributed by atoms with Crippen LogP contribution < -0.4 is 4.31 Å². The van der Waals surface area contributed by atoms with Gasteiger partial charge in [0.1, 0.15) is 0 Å². The van der Waals surface area contributed by atoms with Crippen molar-refractivity contribution < 1.29 is 8.42 Å². The van der Waals surface area contributed by atoms with Crippen LogP contribution in [0, 0.1) is 13.8 Å². The Bertz CT molecular complexity index is 737. The number of rotatable bonds is 4. The maximum Gasteiger partial charge on any atom is 0.264 e. The third-order valence-electron chi connectivity index (χ3n) is 3.41. The quantitative estimate of drug-likeness (QED) is 0.803. The summed E-state index contributed by atoms with van der Waals surface area (Å²) >= 11 is 1.59. The van der Waals surface area contributed by atoms with Gasteiger partial charge in [0, 0.05) is 11.9 Å². The van der Waals surface area contributed by atoms with E-state index in [-0.39, 0.29) is 0 Å². The molecule has 2 aromatic carbocycles. The maximum absolute atomic E-state index is 12.7. The number of aryl methyl sites for hydroxylation is 2. The smallest absolute Gasteiger partial charge is 0.264 e. The molecule has 2 aromatic rings. The van der Waals surface area contributed by atoms with Crippen molar-refractivity contribution in [3.05, 3.63) is 53.6 Å². The second-order valence-corrected chi connectivity index (χ2v) is 7.79. The highest BCUT2D eigenvalue weighted by molar-refractivity contribution is 7.98. The summed E-state index contributed by atoms with van der Waals surface area (Å²) in [6.45, 7) is 3.91. The van der Waals surface area contributed by atoms with Crippen molar-refractivity contribution in [2.24, 2.45) is 0 Å². The molecule has 0 aliphatic carbocycles. The Hall–Kier alpha value is -1.46. The number of hydrogen-bond donors (Lipinski definition) is 0. The van der Waals surface area contributed by atoms with Crippen molar-refractivity contribution in [3.63, 3.8) is 0 Å². The average molecular weight is 321 g/mol. The summed E-state index contributed by atoms with van der Waals surface area (Å²) in [7, 11) is -1.94. The van der Waals surface area contributed by atoms with Crippen molar-refractivity contribution in [1.82, 2.24) is 0 Å². The molecule has 0 aromatic heterocycles. The second-order valence-electron chi connectivity index (χ2n) is 4.94. The van der Waals surface area contributed by atoms with E-state index < -0.39 is 10.0 Å². The molecule has 0 aliphatic rings. The maximum atomic E-state index is 12.7. The van der Waals surface area contributed by atoms with Crippen LogP contribution in [-0.2, 0) is 10.0 Å². The summed E-state index contributed by atoms with van der Waals surface area (Å²) in [5.41, 5.74) is 2.77. The van der Waals surface area contributed by atoms with Crippen LogP contribution in [-0.4, -0.2) is 21.7 Å². The fraction of sp³-hybridized carbons (Fsp3) is 0.250. The zero-order valence-corrected chi connectivity index (χ0v) is 14.3. The molecule has 0 saturated heterocycles. The van der Waals surface area contributed by atoms with Crippen LogP contribution in [0.5, 0.6) is 0 Å². The van der Waals surface area contributed by atoms with Gasteiger partial charge in [0.05, 0.1) is 10.6 Å². The molecule has 0 unspecified atom stereocenters. The SMILES string of the molecule is CSc1ccc(S(=O)(=O)N(C)c2ccc(C)cc2C)cc1. The first-order chi connectivity index (χ1) is 9.86. The molecule has 0 heterocycles. The van der Waals surface area contributed by atoms with Crippen LogP contribution in [0.3, 0.4) is 0 Å². The molecule has 0 amide bonds. The third-order valence-corrected chi connectivity index (χ3v) is 5.94. The zero-order valence-electron chi connectivity index (χ0n) is 12.6. The number of sulfonamides is 1. The predicted octanol–water partition coefficient (Wildman–Crippen LogP) is 3.85. The fourth-order valence-corrected chi connectivity index (χ4v) is 3.86. The van der Waals surface area contributed by atoms with Crippen LogP contribution in [0.2, 0.25) is 0 Å². The Kier molecular flexibility index (Phi) is 4.64. The Morgan fingerprint density at radius 2 is 1.62 bits per heavy atom. The Labute approximate surface area is 131 Å². The van der Waals surface area contributed by atoms with E-state index in [9.17, 15) is 8.42 Å². The molecule has 0 aliphatic heterocycles. The number of anilines is 1. The number of thioether (sulfide) groups is 1. The Balaban J connectivity index is 2.42. The molecule has 5 heteroatoms. The molecular weight excluding hydrogens is 302 g/mol. The van der Waals surface area contributed by atoms with Gasteiger partial charge in [-0.2, -0.15) is 0 Å². The number of nitrogens with zero attached hydrogens (tertiary/aromatic N) is 1. The lowest BCUT2D eigenvalue weighted by molar-refractivity contribution is 0.594. The van der Waals surface area contributed by atoms with Gasteiger partial charge in [0.25, 0.3) is 10.0 Å². The normalized spacial score (nSPS) is 11.4. The number of benzene rings is 2.